The number of nitrogens with one attached hydrogen (secondary N) is 1. The molecule has 0 bridgehead atoms. The quantitative estimate of drug-likeness (QED) is 0.532. The van der Waals surface area contributed by atoms with Gasteiger partial charge in [-0.1, -0.05) is 64.7 Å². The molecule has 0 amide bonds. The molecule has 1 heterocycles. The Kier molecular flexibility index (Phi) is 7.99. The highest BCUT2D eigenvalue weighted by Gasteiger charge is 2.14. The van der Waals surface area contributed by atoms with E-state index in [0.717, 1.165) is 6.04 Å². The standard InChI is InChI=1S/C14H29N/c1-2-3-4-5-6-7-8-9-10-11-14-12-13-15-14/h14-15H,2-13H2,1H3/t14-/m0/s1. The topological polar surface area (TPSA) is 12.0 Å². The van der Waals surface area contributed by atoms with Crippen molar-refractivity contribution < 1.29 is 0 Å². The Morgan fingerprint density at radius 1 is 0.867 bits per heavy atom. The van der Waals surface area contributed by atoms with Crippen molar-refractivity contribution in [3.8, 4) is 0 Å². The molecule has 0 spiro atoms. The number of unbranched alkanes of at least 4 members (excludes halogenated alkanes) is 8. The highest BCUT2D eigenvalue weighted by Crippen LogP contribution is 2.14. The Morgan fingerprint density at radius 2 is 1.40 bits per heavy atom. The highest BCUT2D eigenvalue weighted by molar-refractivity contribution is 4.76. The zero-order valence-electron chi connectivity index (χ0n) is 10.6. The third kappa shape index (κ3) is 6.94. The molecule has 0 unspecified atom stereocenters. The molecule has 1 atom stereocenters. The summed E-state index contributed by atoms with van der Waals surface area (Å²) in [6, 6.07) is 0.884. The van der Waals surface area contributed by atoms with E-state index in [9.17, 15) is 0 Å². The molecule has 0 aromatic heterocycles. The molecule has 15 heavy (non-hydrogen) atoms. The van der Waals surface area contributed by atoms with Crippen molar-refractivity contribution in [1.29, 1.82) is 0 Å². The first kappa shape index (κ1) is 13.0. The normalized spacial score (nSPS) is 20.2. The van der Waals surface area contributed by atoms with Gasteiger partial charge in [-0.15, -0.1) is 0 Å². The van der Waals surface area contributed by atoms with Gasteiger partial charge in [0.15, 0.2) is 0 Å². The highest BCUT2D eigenvalue weighted by atomic mass is 15.0. The van der Waals surface area contributed by atoms with Crippen molar-refractivity contribution in [1.82, 2.24) is 5.32 Å². The first-order valence-electron chi connectivity index (χ1n) is 7.17. The summed E-state index contributed by atoms with van der Waals surface area (Å²) in [5.74, 6) is 0. The van der Waals surface area contributed by atoms with Crippen molar-refractivity contribution in [2.24, 2.45) is 0 Å². The number of rotatable bonds is 10. The van der Waals surface area contributed by atoms with Gasteiger partial charge in [-0.05, 0) is 19.4 Å². The van der Waals surface area contributed by atoms with Crippen LogP contribution in [0.25, 0.3) is 0 Å². The van der Waals surface area contributed by atoms with Crippen LogP contribution >= 0.6 is 0 Å². The molecule has 1 aliphatic heterocycles. The molecule has 1 heteroatoms. The summed E-state index contributed by atoms with van der Waals surface area (Å²) in [6.07, 6.45) is 15.9. The van der Waals surface area contributed by atoms with E-state index in [1.54, 1.807) is 0 Å². The first-order valence-corrected chi connectivity index (χ1v) is 7.17. The average Bonchev–Trinajstić information content (AvgIpc) is 2.18. The van der Waals surface area contributed by atoms with Gasteiger partial charge in [0.2, 0.25) is 0 Å². The van der Waals surface area contributed by atoms with E-state index in [4.69, 9.17) is 0 Å². The fraction of sp³-hybridized carbons (Fsp3) is 1.00. The smallest absolute Gasteiger partial charge is 0.00791 e. The van der Waals surface area contributed by atoms with Crippen LogP contribution in [0.1, 0.15) is 77.6 Å². The zero-order valence-corrected chi connectivity index (χ0v) is 10.6. The predicted molar refractivity (Wildman–Crippen MR) is 68.3 cm³/mol. The van der Waals surface area contributed by atoms with E-state index in [0.29, 0.717) is 0 Å². The molecule has 1 aliphatic rings. The van der Waals surface area contributed by atoms with Gasteiger partial charge in [-0.3, -0.25) is 0 Å². The van der Waals surface area contributed by atoms with E-state index in [-0.39, 0.29) is 0 Å². The van der Waals surface area contributed by atoms with Crippen molar-refractivity contribution in [3.63, 3.8) is 0 Å². The summed E-state index contributed by atoms with van der Waals surface area (Å²) in [6.45, 7) is 3.55. The molecule has 1 nitrogen and oxygen atoms in total. The van der Waals surface area contributed by atoms with Gasteiger partial charge in [0.25, 0.3) is 0 Å². The summed E-state index contributed by atoms with van der Waals surface area (Å²) in [4.78, 5) is 0. The molecule has 90 valence electrons. The summed E-state index contributed by atoms with van der Waals surface area (Å²) < 4.78 is 0. The van der Waals surface area contributed by atoms with Crippen molar-refractivity contribution in [3.05, 3.63) is 0 Å². The van der Waals surface area contributed by atoms with Gasteiger partial charge in [0, 0.05) is 6.04 Å². The average molecular weight is 211 g/mol. The molecular formula is C14H29N. The Bertz CT molecular complexity index is 129. The van der Waals surface area contributed by atoms with Gasteiger partial charge < -0.3 is 5.32 Å². The summed E-state index contributed by atoms with van der Waals surface area (Å²) in [7, 11) is 0. The minimum absolute atomic E-state index is 0.884. The van der Waals surface area contributed by atoms with Crippen LogP contribution in [-0.2, 0) is 0 Å². The third-order valence-corrected chi connectivity index (χ3v) is 3.58. The summed E-state index contributed by atoms with van der Waals surface area (Å²) in [5, 5.41) is 3.47. The minimum atomic E-state index is 0.884. The third-order valence-electron chi connectivity index (χ3n) is 3.58. The SMILES string of the molecule is CCCCCCCCCCC[C@H]1CCN1. The van der Waals surface area contributed by atoms with Crippen LogP contribution in [0.3, 0.4) is 0 Å². The maximum Gasteiger partial charge on any atom is 0.00791 e. The Morgan fingerprint density at radius 3 is 1.87 bits per heavy atom. The molecule has 0 radical (unpaired) electrons. The lowest BCUT2D eigenvalue weighted by Gasteiger charge is -2.27. The Hall–Kier alpha value is -0.0400. The van der Waals surface area contributed by atoms with E-state index in [2.05, 4.69) is 12.2 Å². The zero-order chi connectivity index (χ0) is 10.8. The first-order chi connectivity index (χ1) is 7.43. The molecule has 1 fully saturated rings. The van der Waals surface area contributed by atoms with Crippen molar-refractivity contribution in [2.75, 3.05) is 6.54 Å². The molecule has 0 aromatic rings. The van der Waals surface area contributed by atoms with Crippen LogP contribution in [0.2, 0.25) is 0 Å². The molecule has 0 aliphatic carbocycles. The number of hydrogen-bond acceptors (Lipinski definition) is 1. The fourth-order valence-corrected chi connectivity index (χ4v) is 2.30. The lowest BCUT2D eigenvalue weighted by atomic mass is 9.99. The van der Waals surface area contributed by atoms with Crippen LogP contribution in [-0.4, -0.2) is 12.6 Å². The molecule has 1 saturated heterocycles. The van der Waals surface area contributed by atoms with Gasteiger partial charge >= 0.3 is 0 Å². The monoisotopic (exact) mass is 211 g/mol. The van der Waals surface area contributed by atoms with Gasteiger partial charge in [-0.2, -0.15) is 0 Å². The predicted octanol–water partition coefficient (Wildman–Crippen LogP) is 4.27. The van der Waals surface area contributed by atoms with Crippen LogP contribution in [0, 0.1) is 0 Å². The lowest BCUT2D eigenvalue weighted by molar-refractivity contribution is 0.339. The van der Waals surface area contributed by atoms with Crippen molar-refractivity contribution in [2.45, 2.75) is 83.6 Å². The van der Waals surface area contributed by atoms with Crippen LogP contribution < -0.4 is 5.32 Å². The maximum absolute atomic E-state index is 3.47. The van der Waals surface area contributed by atoms with Crippen LogP contribution in [0.15, 0.2) is 0 Å². The van der Waals surface area contributed by atoms with Gasteiger partial charge in [0.1, 0.15) is 0 Å². The van der Waals surface area contributed by atoms with E-state index in [1.807, 2.05) is 0 Å². The van der Waals surface area contributed by atoms with Crippen LogP contribution in [0.5, 0.6) is 0 Å². The largest absolute Gasteiger partial charge is 0.314 e. The van der Waals surface area contributed by atoms with E-state index < -0.39 is 0 Å². The fourth-order valence-electron chi connectivity index (χ4n) is 2.30. The lowest BCUT2D eigenvalue weighted by Crippen LogP contribution is -2.42. The Labute approximate surface area is 96.0 Å². The molecule has 1 N–H and O–H groups in total. The van der Waals surface area contributed by atoms with Crippen LogP contribution in [0.4, 0.5) is 0 Å². The molecule has 1 rings (SSSR count). The molecule has 0 aromatic carbocycles. The van der Waals surface area contributed by atoms with Gasteiger partial charge in [-0.25, -0.2) is 0 Å². The number of hydrogen-bond donors (Lipinski definition) is 1. The van der Waals surface area contributed by atoms with Crippen molar-refractivity contribution >= 4 is 0 Å². The second-order valence-electron chi connectivity index (χ2n) is 5.06. The van der Waals surface area contributed by atoms with Gasteiger partial charge in [0.05, 0.1) is 0 Å². The minimum Gasteiger partial charge on any atom is -0.314 e. The summed E-state index contributed by atoms with van der Waals surface area (Å²) in [5.41, 5.74) is 0. The molecule has 0 saturated carbocycles. The maximum atomic E-state index is 3.47. The molecular weight excluding hydrogens is 182 g/mol. The Balaban J connectivity index is 1.66. The summed E-state index contributed by atoms with van der Waals surface area (Å²) >= 11 is 0. The second-order valence-corrected chi connectivity index (χ2v) is 5.06. The van der Waals surface area contributed by atoms with E-state index >= 15 is 0 Å². The second kappa shape index (κ2) is 9.21. The van der Waals surface area contributed by atoms with E-state index in [1.165, 1.54) is 77.2 Å².